The third-order valence-corrected chi connectivity index (χ3v) is 3.90. The molecule has 1 fully saturated rings. The van der Waals surface area contributed by atoms with Crippen LogP contribution in [0.4, 0.5) is 0 Å². The van der Waals surface area contributed by atoms with E-state index < -0.39 is 0 Å². The van der Waals surface area contributed by atoms with Crippen molar-refractivity contribution >= 4 is 0 Å². The third-order valence-electron chi connectivity index (χ3n) is 3.90. The Morgan fingerprint density at radius 1 is 1.26 bits per heavy atom. The fourth-order valence-corrected chi connectivity index (χ4v) is 2.59. The number of hydrogen-bond acceptors (Lipinski definition) is 3. The summed E-state index contributed by atoms with van der Waals surface area (Å²) in [4.78, 5) is 2.45. The zero-order chi connectivity index (χ0) is 13.7. The zero-order valence-electron chi connectivity index (χ0n) is 12.1. The molecule has 0 aliphatic carbocycles. The highest BCUT2D eigenvalue weighted by atomic mass is 16.5. The van der Waals surface area contributed by atoms with Gasteiger partial charge in [-0.3, -0.25) is 4.90 Å². The first-order valence-electron chi connectivity index (χ1n) is 7.37. The first-order chi connectivity index (χ1) is 9.20. The van der Waals surface area contributed by atoms with E-state index in [1.807, 2.05) is 6.07 Å². The van der Waals surface area contributed by atoms with Gasteiger partial charge in [-0.25, -0.2) is 0 Å². The van der Waals surface area contributed by atoms with Gasteiger partial charge in [-0.2, -0.15) is 0 Å². The van der Waals surface area contributed by atoms with E-state index >= 15 is 0 Å². The van der Waals surface area contributed by atoms with Crippen LogP contribution in [0.1, 0.15) is 38.2 Å². The average Bonchev–Trinajstić information content (AvgIpc) is 2.94. The minimum Gasteiger partial charge on any atom is -0.492 e. The summed E-state index contributed by atoms with van der Waals surface area (Å²) < 4.78 is 5.94. The Balaban J connectivity index is 1.91. The lowest BCUT2D eigenvalue weighted by molar-refractivity contribution is 0.164. The molecule has 2 N–H and O–H groups in total. The van der Waals surface area contributed by atoms with E-state index in [4.69, 9.17) is 10.5 Å². The van der Waals surface area contributed by atoms with E-state index in [0.717, 1.165) is 18.8 Å². The van der Waals surface area contributed by atoms with Gasteiger partial charge in [0.05, 0.1) is 6.04 Å². The molecular weight excluding hydrogens is 236 g/mol. The molecule has 3 nitrogen and oxygen atoms in total. The van der Waals surface area contributed by atoms with Crippen LogP contribution in [0.5, 0.6) is 5.75 Å². The van der Waals surface area contributed by atoms with Crippen LogP contribution >= 0.6 is 0 Å². The maximum atomic E-state index is 5.94. The van der Waals surface area contributed by atoms with E-state index in [-0.39, 0.29) is 0 Å². The smallest absolute Gasteiger partial charge is 0.119 e. The van der Waals surface area contributed by atoms with Gasteiger partial charge >= 0.3 is 0 Å². The summed E-state index contributed by atoms with van der Waals surface area (Å²) in [6, 6.07) is 8.74. The molecule has 1 unspecified atom stereocenters. The van der Waals surface area contributed by atoms with Crippen LogP contribution in [0, 0.1) is 0 Å². The number of nitrogens with two attached hydrogens (primary N) is 1. The van der Waals surface area contributed by atoms with Crippen molar-refractivity contribution in [1.82, 2.24) is 4.90 Å². The minimum atomic E-state index is 0.352. The Kier molecular flexibility index (Phi) is 5.23. The summed E-state index contributed by atoms with van der Waals surface area (Å²) in [5, 5.41) is 0. The first-order valence-corrected chi connectivity index (χ1v) is 7.37. The molecule has 106 valence electrons. The fourth-order valence-electron chi connectivity index (χ4n) is 2.59. The number of hydrogen-bond donors (Lipinski definition) is 1. The van der Waals surface area contributed by atoms with E-state index in [1.54, 1.807) is 0 Å². The molecule has 1 aliphatic rings. The standard InChI is InChI=1S/C16H26N2O/c1-13(2)14-6-5-7-16(10-14)19-12-15(11-17)18-8-3-4-9-18/h5-7,10,13,15H,3-4,8-9,11-12,17H2,1-2H3. The molecule has 0 saturated carbocycles. The molecule has 1 atom stereocenters. The summed E-state index contributed by atoms with van der Waals surface area (Å²) in [7, 11) is 0. The second kappa shape index (κ2) is 6.92. The molecule has 0 spiro atoms. The summed E-state index contributed by atoms with van der Waals surface area (Å²) in [6.07, 6.45) is 2.58. The van der Waals surface area contributed by atoms with Gasteiger partial charge in [0.15, 0.2) is 0 Å². The Bertz CT molecular complexity index is 386. The van der Waals surface area contributed by atoms with Crippen molar-refractivity contribution in [3.05, 3.63) is 29.8 Å². The van der Waals surface area contributed by atoms with Gasteiger partial charge in [-0.05, 0) is 49.5 Å². The predicted molar refractivity (Wildman–Crippen MR) is 79.7 cm³/mol. The third kappa shape index (κ3) is 3.95. The highest BCUT2D eigenvalue weighted by molar-refractivity contribution is 5.30. The summed E-state index contributed by atoms with van der Waals surface area (Å²) in [5.41, 5.74) is 7.20. The number of benzene rings is 1. The molecule has 2 rings (SSSR count). The second-order valence-electron chi connectivity index (χ2n) is 5.67. The molecule has 1 saturated heterocycles. The highest BCUT2D eigenvalue weighted by Crippen LogP contribution is 2.21. The van der Waals surface area contributed by atoms with Crippen molar-refractivity contribution in [3.63, 3.8) is 0 Å². The average molecular weight is 262 g/mol. The molecule has 3 heteroatoms. The van der Waals surface area contributed by atoms with Crippen molar-refractivity contribution in [2.45, 2.75) is 38.6 Å². The number of rotatable bonds is 6. The molecule has 0 amide bonds. The van der Waals surface area contributed by atoms with Gasteiger partial charge < -0.3 is 10.5 Å². The van der Waals surface area contributed by atoms with E-state index in [9.17, 15) is 0 Å². The molecule has 0 bridgehead atoms. The lowest BCUT2D eigenvalue weighted by Gasteiger charge is -2.26. The monoisotopic (exact) mass is 262 g/mol. The van der Waals surface area contributed by atoms with Crippen molar-refractivity contribution in [2.24, 2.45) is 5.73 Å². The Labute approximate surface area is 116 Å². The van der Waals surface area contributed by atoms with Crippen LogP contribution < -0.4 is 10.5 Å². The fraction of sp³-hybridized carbons (Fsp3) is 0.625. The minimum absolute atomic E-state index is 0.352. The maximum Gasteiger partial charge on any atom is 0.119 e. The van der Waals surface area contributed by atoms with Gasteiger partial charge in [0.1, 0.15) is 12.4 Å². The van der Waals surface area contributed by atoms with Gasteiger partial charge in [-0.1, -0.05) is 26.0 Å². The molecule has 1 aromatic rings. The second-order valence-corrected chi connectivity index (χ2v) is 5.67. The van der Waals surface area contributed by atoms with Gasteiger partial charge in [0, 0.05) is 6.54 Å². The SMILES string of the molecule is CC(C)c1cccc(OCC(CN)N2CCCC2)c1. The normalized spacial score (nSPS) is 17.9. The number of likely N-dealkylation sites (tertiary alicyclic amines) is 1. The van der Waals surface area contributed by atoms with Crippen LogP contribution in [-0.2, 0) is 0 Å². The maximum absolute atomic E-state index is 5.94. The van der Waals surface area contributed by atoms with Gasteiger partial charge in [0.25, 0.3) is 0 Å². The van der Waals surface area contributed by atoms with Crippen molar-refractivity contribution < 1.29 is 4.74 Å². The predicted octanol–water partition coefficient (Wildman–Crippen LogP) is 2.61. The molecule has 0 radical (unpaired) electrons. The van der Waals surface area contributed by atoms with Crippen LogP contribution in [-0.4, -0.2) is 37.2 Å². The summed E-state index contributed by atoms with van der Waals surface area (Å²) >= 11 is 0. The number of nitrogens with zero attached hydrogens (tertiary/aromatic N) is 1. The van der Waals surface area contributed by atoms with Crippen LogP contribution in [0.15, 0.2) is 24.3 Å². The Morgan fingerprint density at radius 3 is 2.63 bits per heavy atom. The van der Waals surface area contributed by atoms with Crippen molar-refractivity contribution in [3.8, 4) is 5.75 Å². The lowest BCUT2D eigenvalue weighted by atomic mass is 10.0. The van der Waals surface area contributed by atoms with Crippen LogP contribution in [0.25, 0.3) is 0 Å². The lowest BCUT2D eigenvalue weighted by Crippen LogP contribution is -2.42. The molecule has 1 aliphatic heterocycles. The molecule has 0 aromatic heterocycles. The molecular formula is C16H26N2O. The molecule has 19 heavy (non-hydrogen) atoms. The highest BCUT2D eigenvalue weighted by Gasteiger charge is 2.21. The van der Waals surface area contributed by atoms with E-state index in [2.05, 4.69) is 36.9 Å². The van der Waals surface area contributed by atoms with Gasteiger partial charge in [-0.15, -0.1) is 0 Å². The van der Waals surface area contributed by atoms with Crippen molar-refractivity contribution in [2.75, 3.05) is 26.2 Å². The van der Waals surface area contributed by atoms with Crippen LogP contribution in [0.3, 0.4) is 0 Å². The summed E-state index contributed by atoms with van der Waals surface area (Å²) in [5.74, 6) is 1.50. The zero-order valence-corrected chi connectivity index (χ0v) is 12.1. The Hall–Kier alpha value is -1.06. The first kappa shape index (κ1) is 14.4. The largest absolute Gasteiger partial charge is 0.492 e. The summed E-state index contributed by atoms with van der Waals surface area (Å²) in [6.45, 7) is 8.09. The quantitative estimate of drug-likeness (QED) is 0.856. The van der Waals surface area contributed by atoms with Gasteiger partial charge in [0.2, 0.25) is 0 Å². The number of ether oxygens (including phenoxy) is 1. The topological polar surface area (TPSA) is 38.5 Å². The van der Waals surface area contributed by atoms with Crippen LogP contribution in [0.2, 0.25) is 0 Å². The molecule has 1 aromatic carbocycles. The van der Waals surface area contributed by atoms with E-state index in [0.29, 0.717) is 25.1 Å². The Morgan fingerprint density at radius 2 is 2.00 bits per heavy atom. The van der Waals surface area contributed by atoms with Crippen molar-refractivity contribution in [1.29, 1.82) is 0 Å². The van der Waals surface area contributed by atoms with E-state index in [1.165, 1.54) is 18.4 Å². The molecule has 1 heterocycles.